The average molecular weight is 429 g/mol. The lowest BCUT2D eigenvalue weighted by atomic mass is 10.2. The largest absolute Gasteiger partial charge is 0.406 e. The van der Waals surface area contributed by atoms with Gasteiger partial charge in [-0.05, 0) is 29.3 Å². The standard InChI is InChI=1S/C24H32O3SSi/c1-23(2,3)29(18-12-8-6-9-13-18,19-14-10-7-11-15-19)25-16-21-22-20(17-28-21)26-24(4,5)27-22/h6-15,20-22H,16-17H2,1-5H3/t20?,21-,22-/m1/s1. The molecule has 2 saturated heterocycles. The Hall–Kier alpha value is -1.11. The van der Waals surface area contributed by atoms with Gasteiger partial charge in [-0.2, -0.15) is 11.8 Å². The topological polar surface area (TPSA) is 27.7 Å². The van der Waals surface area contributed by atoms with Gasteiger partial charge in [-0.1, -0.05) is 81.4 Å². The van der Waals surface area contributed by atoms with Gasteiger partial charge in [0.05, 0.1) is 11.4 Å². The minimum Gasteiger partial charge on any atom is -0.406 e. The molecule has 4 rings (SSSR count). The van der Waals surface area contributed by atoms with E-state index in [9.17, 15) is 0 Å². The third-order valence-electron chi connectivity index (χ3n) is 5.94. The number of fused-ring (bicyclic) bond motifs is 1. The summed E-state index contributed by atoms with van der Waals surface area (Å²) in [6.07, 6.45) is 0.274. The van der Waals surface area contributed by atoms with Crippen LogP contribution < -0.4 is 10.4 Å². The predicted molar refractivity (Wildman–Crippen MR) is 124 cm³/mol. The Morgan fingerprint density at radius 1 is 0.966 bits per heavy atom. The molecule has 3 atom stereocenters. The summed E-state index contributed by atoms with van der Waals surface area (Å²) in [4.78, 5) is 0. The molecular weight excluding hydrogens is 396 g/mol. The van der Waals surface area contributed by atoms with Crippen molar-refractivity contribution >= 4 is 30.5 Å². The zero-order chi connectivity index (χ0) is 20.7. The van der Waals surface area contributed by atoms with Gasteiger partial charge in [0.25, 0.3) is 8.32 Å². The van der Waals surface area contributed by atoms with Gasteiger partial charge in [0.15, 0.2) is 5.79 Å². The first-order valence-corrected chi connectivity index (χ1v) is 13.4. The van der Waals surface area contributed by atoms with Crippen LogP contribution in [0.4, 0.5) is 0 Å². The summed E-state index contributed by atoms with van der Waals surface area (Å²) in [7, 11) is -2.51. The molecule has 2 aliphatic heterocycles. The Balaban J connectivity index is 1.68. The highest BCUT2D eigenvalue weighted by atomic mass is 32.2. The molecule has 156 valence electrons. The molecule has 3 nitrogen and oxygen atoms in total. The molecule has 2 aromatic rings. The van der Waals surface area contributed by atoms with Crippen molar-refractivity contribution in [2.45, 2.75) is 62.9 Å². The van der Waals surface area contributed by atoms with Crippen molar-refractivity contribution in [1.29, 1.82) is 0 Å². The van der Waals surface area contributed by atoms with E-state index in [4.69, 9.17) is 13.9 Å². The molecule has 2 heterocycles. The number of thioether (sulfide) groups is 1. The number of benzene rings is 2. The Kier molecular flexibility index (Phi) is 5.73. The van der Waals surface area contributed by atoms with E-state index in [0.29, 0.717) is 11.9 Å². The van der Waals surface area contributed by atoms with Gasteiger partial charge in [-0.3, -0.25) is 0 Å². The number of hydrogen-bond acceptors (Lipinski definition) is 4. The number of ether oxygens (including phenoxy) is 2. The SMILES string of the molecule is CC1(C)OC2CS[C@H](CO[Si](c3ccccc3)(c3ccccc3)C(C)(C)C)[C@@H]2O1. The van der Waals surface area contributed by atoms with E-state index in [1.807, 2.05) is 25.6 Å². The smallest absolute Gasteiger partial charge is 0.261 e. The van der Waals surface area contributed by atoms with Crippen LogP contribution in [-0.4, -0.2) is 43.9 Å². The normalized spacial score (nSPS) is 26.4. The Labute approximate surface area is 180 Å². The molecule has 5 heteroatoms. The second-order valence-electron chi connectivity index (χ2n) is 9.48. The monoisotopic (exact) mass is 428 g/mol. The summed E-state index contributed by atoms with van der Waals surface area (Å²) in [5, 5.41) is 2.93. The molecule has 0 amide bonds. The van der Waals surface area contributed by atoms with Crippen molar-refractivity contribution in [3.05, 3.63) is 60.7 Å². The molecule has 0 aliphatic carbocycles. The Morgan fingerprint density at radius 3 is 2.03 bits per heavy atom. The van der Waals surface area contributed by atoms with Crippen molar-refractivity contribution < 1.29 is 13.9 Å². The van der Waals surface area contributed by atoms with Crippen molar-refractivity contribution in [2.24, 2.45) is 0 Å². The summed E-state index contributed by atoms with van der Waals surface area (Å²) in [6.45, 7) is 11.7. The summed E-state index contributed by atoms with van der Waals surface area (Å²) >= 11 is 1.92. The van der Waals surface area contributed by atoms with E-state index < -0.39 is 14.1 Å². The average Bonchev–Trinajstić information content (AvgIpc) is 3.18. The van der Waals surface area contributed by atoms with Crippen LogP contribution in [-0.2, 0) is 13.9 Å². The third-order valence-corrected chi connectivity index (χ3v) is 12.3. The minimum atomic E-state index is -2.51. The summed E-state index contributed by atoms with van der Waals surface area (Å²) in [5.74, 6) is 0.481. The molecule has 1 unspecified atom stereocenters. The summed E-state index contributed by atoms with van der Waals surface area (Å²) in [6, 6.07) is 21.7. The van der Waals surface area contributed by atoms with Gasteiger partial charge in [0.1, 0.15) is 6.10 Å². The molecule has 0 N–H and O–H groups in total. The van der Waals surface area contributed by atoms with E-state index in [0.717, 1.165) is 5.75 Å². The van der Waals surface area contributed by atoms with Gasteiger partial charge < -0.3 is 13.9 Å². The van der Waals surface area contributed by atoms with Crippen LogP contribution in [0.25, 0.3) is 0 Å². The molecule has 2 aliphatic rings. The van der Waals surface area contributed by atoms with Crippen molar-refractivity contribution in [2.75, 3.05) is 12.4 Å². The van der Waals surface area contributed by atoms with Crippen LogP contribution in [0, 0.1) is 0 Å². The lowest BCUT2D eigenvalue weighted by Gasteiger charge is -2.43. The molecule has 2 fully saturated rings. The minimum absolute atomic E-state index is 0.00924. The van der Waals surface area contributed by atoms with Crippen LogP contribution in [0.15, 0.2) is 60.7 Å². The Bertz CT molecular complexity index is 780. The van der Waals surface area contributed by atoms with Gasteiger partial charge in [0.2, 0.25) is 0 Å². The fourth-order valence-electron chi connectivity index (χ4n) is 4.73. The second kappa shape index (κ2) is 7.86. The van der Waals surface area contributed by atoms with Crippen molar-refractivity contribution in [3.8, 4) is 0 Å². The highest BCUT2D eigenvalue weighted by molar-refractivity contribution is 8.00. The van der Waals surface area contributed by atoms with Gasteiger partial charge >= 0.3 is 0 Å². The van der Waals surface area contributed by atoms with Crippen LogP contribution in [0.3, 0.4) is 0 Å². The van der Waals surface area contributed by atoms with Crippen molar-refractivity contribution in [1.82, 2.24) is 0 Å². The zero-order valence-electron chi connectivity index (χ0n) is 18.1. The van der Waals surface area contributed by atoms with Gasteiger partial charge in [0, 0.05) is 12.4 Å². The van der Waals surface area contributed by atoms with Crippen molar-refractivity contribution in [3.63, 3.8) is 0 Å². The fourth-order valence-corrected chi connectivity index (χ4v) is 10.7. The highest BCUT2D eigenvalue weighted by Crippen LogP contribution is 2.43. The van der Waals surface area contributed by atoms with E-state index >= 15 is 0 Å². The quantitative estimate of drug-likeness (QED) is 0.667. The van der Waals surface area contributed by atoms with Gasteiger partial charge in [-0.15, -0.1) is 0 Å². The number of rotatable bonds is 5. The Morgan fingerprint density at radius 2 is 1.52 bits per heavy atom. The maximum absolute atomic E-state index is 7.11. The summed E-state index contributed by atoms with van der Waals surface area (Å²) < 4.78 is 19.4. The molecule has 0 spiro atoms. The molecule has 0 aromatic heterocycles. The molecule has 29 heavy (non-hydrogen) atoms. The van der Waals surface area contributed by atoms with E-state index in [1.54, 1.807) is 0 Å². The maximum Gasteiger partial charge on any atom is 0.261 e. The van der Waals surface area contributed by atoms with Crippen LogP contribution in [0.5, 0.6) is 0 Å². The lowest BCUT2D eigenvalue weighted by Crippen LogP contribution is -2.67. The van der Waals surface area contributed by atoms with E-state index in [2.05, 4.69) is 81.4 Å². The molecule has 0 bridgehead atoms. The molecular formula is C24H32O3SSi. The highest BCUT2D eigenvalue weighted by Gasteiger charge is 2.53. The van der Waals surface area contributed by atoms with Crippen LogP contribution in [0.1, 0.15) is 34.6 Å². The van der Waals surface area contributed by atoms with Crippen LogP contribution in [0.2, 0.25) is 5.04 Å². The zero-order valence-corrected chi connectivity index (χ0v) is 19.9. The first kappa shape index (κ1) is 21.1. The fraction of sp³-hybridized carbons (Fsp3) is 0.500. The van der Waals surface area contributed by atoms with Gasteiger partial charge in [-0.25, -0.2) is 0 Å². The van der Waals surface area contributed by atoms with E-state index in [1.165, 1.54) is 10.4 Å². The first-order valence-electron chi connectivity index (χ1n) is 10.5. The molecule has 2 aromatic carbocycles. The summed E-state index contributed by atoms with van der Waals surface area (Å²) in [5.41, 5.74) is 0. The molecule has 0 saturated carbocycles. The third kappa shape index (κ3) is 3.96. The molecule has 0 radical (unpaired) electrons. The first-order chi connectivity index (χ1) is 13.7. The van der Waals surface area contributed by atoms with Crippen LogP contribution >= 0.6 is 11.8 Å². The number of hydrogen-bond donors (Lipinski definition) is 0. The lowest BCUT2D eigenvalue weighted by molar-refractivity contribution is -0.146. The van der Waals surface area contributed by atoms with E-state index in [-0.39, 0.29) is 17.2 Å². The predicted octanol–water partition coefficient (Wildman–Crippen LogP) is 4.20. The second-order valence-corrected chi connectivity index (χ2v) is 15.1. The maximum atomic E-state index is 7.11.